The molecule has 2 aliphatic rings. The molecule has 1 fully saturated rings. The highest BCUT2D eigenvalue weighted by molar-refractivity contribution is 5.84. The first-order chi connectivity index (χ1) is 15.7. The summed E-state index contributed by atoms with van der Waals surface area (Å²) >= 11 is 0. The molecule has 2 aliphatic heterocycles. The molecular formula is C26H26FN5. The van der Waals surface area contributed by atoms with E-state index in [9.17, 15) is 4.39 Å². The van der Waals surface area contributed by atoms with Gasteiger partial charge in [0, 0.05) is 61.1 Å². The van der Waals surface area contributed by atoms with Gasteiger partial charge in [-0.1, -0.05) is 6.07 Å². The van der Waals surface area contributed by atoms with E-state index >= 15 is 0 Å². The Kier molecular flexibility index (Phi) is 5.69. The second-order valence-electron chi connectivity index (χ2n) is 8.12. The zero-order valence-electron chi connectivity index (χ0n) is 18.1. The van der Waals surface area contributed by atoms with Gasteiger partial charge in [0.25, 0.3) is 0 Å². The molecule has 1 unspecified atom stereocenters. The van der Waals surface area contributed by atoms with Crippen LogP contribution in [0, 0.1) is 12.7 Å². The number of aliphatic imine (C=N–C) groups is 1. The third kappa shape index (κ3) is 4.01. The summed E-state index contributed by atoms with van der Waals surface area (Å²) in [6.07, 6.45) is 7.53. The van der Waals surface area contributed by atoms with Gasteiger partial charge >= 0.3 is 0 Å². The van der Waals surface area contributed by atoms with Crippen molar-refractivity contribution in [2.24, 2.45) is 4.99 Å². The zero-order valence-corrected chi connectivity index (χ0v) is 18.1. The van der Waals surface area contributed by atoms with Crippen LogP contribution in [0.4, 0.5) is 15.8 Å². The highest BCUT2D eigenvalue weighted by atomic mass is 19.1. The van der Waals surface area contributed by atoms with Crippen molar-refractivity contribution < 1.29 is 4.39 Å². The molecule has 0 aliphatic carbocycles. The lowest BCUT2D eigenvalue weighted by Gasteiger charge is -2.32. The normalized spacial score (nSPS) is 18.2. The quantitative estimate of drug-likeness (QED) is 0.655. The molecule has 1 N–H and O–H groups in total. The number of aromatic nitrogens is 1. The lowest BCUT2D eigenvalue weighted by molar-refractivity contribution is 0.589. The largest absolute Gasteiger partial charge is 0.369 e. The summed E-state index contributed by atoms with van der Waals surface area (Å²) in [4.78, 5) is 13.6. The van der Waals surface area contributed by atoms with Crippen molar-refractivity contribution in [3.63, 3.8) is 0 Å². The second kappa shape index (κ2) is 8.93. The van der Waals surface area contributed by atoms with Crippen molar-refractivity contribution in [1.82, 2.24) is 10.3 Å². The van der Waals surface area contributed by atoms with E-state index in [-0.39, 0.29) is 11.9 Å². The van der Waals surface area contributed by atoms with E-state index in [1.165, 1.54) is 11.8 Å². The van der Waals surface area contributed by atoms with Crippen LogP contribution in [0.5, 0.6) is 0 Å². The molecule has 2 aromatic carbocycles. The number of nitrogens with zero attached hydrogens (tertiary/aromatic N) is 4. The number of nitrogens with one attached hydrogen (secondary N) is 1. The number of pyridine rings is 1. The summed E-state index contributed by atoms with van der Waals surface area (Å²) in [6.45, 7) is 5.85. The number of benzene rings is 2. The molecule has 0 radical (unpaired) electrons. The Morgan fingerprint density at radius 1 is 1.00 bits per heavy atom. The molecule has 5 nitrogen and oxygen atoms in total. The summed E-state index contributed by atoms with van der Waals surface area (Å²) in [6, 6.07) is 17.8. The molecule has 1 atom stereocenters. The van der Waals surface area contributed by atoms with E-state index in [1.54, 1.807) is 19.2 Å². The van der Waals surface area contributed by atoms with E-state index in [0.717, 1.165) is 48.7 Å². The van der Waals surface area contributed by atoms with Gasteiger partial charge in [-0.05, 0) is 67.1 Å². The number of hydrogen-bond acceptors (Lipinski definition) is 5. The van der Waals surface area contributed by atoms with Crippen molar-refractivity contribution >= 4 is 17.7 Å². The molecule has 32 heavy (non-hydrogen) atoms. The maximum absolute atomic E-state index is 13.9. The lowest BCUT2D eigenvalue weighted by atomic mass is 9.97. The number of halogens is 1. The highest BCUT2D eigenvalue weighted by Gasteiger charge is 2.23. The van der Waals surface area contributed by atoms with Gasteiger partial charge in [-0.25, -0.2) is 9.38 Å². The van der Waals surface area contributed by atoms with E-state index in [1.807, 2.05) is 24.7 Å². The molecule has 3 aromatic rings. The minimum Gasteiger partial charge on any atom is -0.369 e. The fourth-order valence-corrected chi connectivity index (χ4v) is 4.34. The van der Waals surface area contributed by atoms with Gasteiger partial charge in [-0.2, -0.15) is 0 Å². The van der Waals surface area contributed by atoms with Gasteiger partial charge in [0.15, 0.2) is 0 Å². The lowest BCUT2D eigenvalue weighted by Crippen LogP contribution is -2.43. The summed E-state index contributed by atoms with van der Waals surface area (Å²) in [5.74, 6) is -0.206. The first-order valence-electron chi connectivity index (χ1n) is 11.0. The summed E-state index contributed by atoms with van der Waals surface area (Å²) in [5, 5.41) is 3.40. The summed E-state index contributed by atoms with van der Waals surface area (Å²) in [7, 11) is 0. The van der Waals surface area contributed by atoms with Crippen LogP contribution in [0.25, 0.3) is 11.3 Å². The average Bonchev–Trinajstić information content (AvgIpc) is 2.86. The standard InChI is InChI=1S/C26H26FN5/c1-19-17-20(4-9-24(19)27)26-23(3-2-11-30-26)25-10-12-29-18-32(25)22-7-5-21(6-8-22)31-15-13-28-14-16-31/h2-12,17-18,25,28H,13-16H2,1H3. The smallest absolute Gasteiger partial charge is 0.126 e. The SMILES string of the molecule is Cc1cc(-c2ncccc2C2C=CN=CN2c2ccc(N3CCNCC3)cc2)ccc1F. The second-order valence-corrected chi connectivity index (χ2v) is 8.12. The van der Waals surface area contributed by atoms with Crippen molar-refractivity contribution in [3.8, 4) is 11.3 Å². The minimum atomic E-state index is -0.206. The van der Waals surface area contributed by atoms with Gasteiger partial charge in [0.1, 0.15) is 5.82 Å². The average molecular weight is 428 g/mol. The third-order valence-electron chi connectivity index (χ3n) is 6.06. The monoisotopic (exact) mass is 427 g/mol. The zero-order chi connectivity index (χ0) is 21.9. The van der Waals surface area contributed by atoms with E-state index in [2.05, 4.69) is 61.5 Å². The Labute approximate surface area is 187 Å². The molecule has 1 aromatic heterocycles. The minimum absolute atomic E-state index is 0.0633. The molecule has 3 heterocycles. The van der Waals surface area contributed by atoms with Crippen molar-refractivity contribution in [1.29, 1.82) is 0 Å². The van der Waals surface area contributed by atoms with Gasteiger partial charge in [0.05, 0.1) is 18.1 Å². The van der Waals surface area contributed by atoms with Crippen LogP contribution >= 0.6 is 0 Å². The van der Waals surface area contributed by atoms with Crippen LogP contribution in [-0.4, -0.2) is 37.5 Å². The fraction of sp³-hybridized carbons (Fsp3) is 0.231. The molecule has 1 saturated heterocycles. The number of piperazine rings is 1. The summed E-state index contributed by atoms with van der Waals surface area (Å²) in [5.41, 5.74) is 5.71. The van der Waals surface area contributed by atoms with Gasteiger partial charge < -0.3 is 15.1 Å². The Morgan fingerprint density at radius 3 is 2.56 bits per heavy atom. The number of aryl methyl sites for hydroxylation is 1. The van der Waals surface area contributed by atoms with Gasteiger partial charge in [0.2, 0.25) is 0 Å². The number of hydrogen-bond donors (Lipinski definition) is 1. The molecule has 0 bridgehead atoms. The number of anilines is 2. The predicted molar refractivity (Wildman–Crippen MR) is 129 cm³/mol. The summed E-state index contributed by atoms with van der Waals surface area (Å²) < 4.78 is 13.9. The Morgan fingerprint density at radius 2 is 1.78 bits per heavy atom. The Bertz CT molecular complexity index is 1150. The molecule has 162 valence electrons. The topological polar surface area (TPSA) is 43.8 Å². The molecular weight excluding hydrogens is 401 g/mol. The molecule has 6 heteroatoms. The predicted octanol–water partition coefficient (Wildman–Crippen LogP) is 4.71. The van der Waals surface area contributed by atoms with E-state index in [0.29, 0.717) is 5.56 Å². The number of rotatable bonds is 4. The fourth-order valence-electron chi connectivity index (χ4n) is 4.34. The molecule has 0 saturated carbocycles. The van der Waals surface area contributed by atoms with Crippen molar-refractivity contribution in [2.75, 3.05) is 36.0 Å². The van der Waals surface area contributed by atoms with Gasteiger partial charge in [-0.15, -0.1) is 0 Å². The van der Waals surface area contributed by atoms with Crippen LogP contribution in [0.2, 0.25) is 0 Å². The van der Waals surface area contributed by atoms with Crippen molar-refractivity contribution in [3.05, 3.63) is 90.0 Å². The Balaban J connectivity index is 1.48. The van der Waals surface area contributed by atoms with Crippen molar-refractivity contribution in [2.45, 2.75) is 13.0 Å². The van der Waals surface area contributed by atoms with E-state index in [4.69, 9.17) is 0 Å². The third-order valence-corrected chi connectivity index (χ3v) is 6.06. The van der Waals surface area contributed by atoms with Crippen LogP contribution < -0.4 is 15.1 Å². The van der Waals surface area contributed by atoms with Crippen LogP contribution in [-0.2, 0) is 0 Å². The van der Waals surface area contributed by atoms with Crippen LogP contribution in [0.3, 0.4) is 0 Å². The van der Waals surface area contributed by atoms with E-state index < -0.39 is 0 Å². The Hall–Kier alpha value is -3.51. The van der Waals surface area contributed by atoms with Gasteiger partial charge in [-0.3, -0.25) is 4.98 Å². The molecule has 0 spiro atoms. The maximum Gasteiger partial charge on any atom is 0.126 e. The highest BCUT2D eigenvalue weighted by Crippen LogP contribution is 2.35. The van der Waals surface area contributed by atoms with Crippen LogP contribution in [0.15, 0.2) is 78.1 Å². The molecule has 0 amide bonds. The first-order valence-corrected chi connectivity index (χ1v) is 11.0. The maximum atomic E-state index is 13.9. The first kappa shape index (κ1) is 20.4. The molecule has 5 rings (SSSR count). The van der Waals surface area contributed by atoms with Crippen LogP contribution in [0.1, 0.15) is 17.2 Å².